The molecule has 3 aromatic rings. The number of halogens is 2. The molecule has 0 aliphatic carbocycles. The fourth-order valence-electron chi connectivity index (χ4n) is 2.86. The molecule has 0 fully saturated rings. The molecule has 7 nitrogen and oxygen atoms in total. The van der Waals surface area contributed by atoms with Crippen molar-refractivity contribution in [2.75, 3.05) is 33.8 Å². The standard InChI is InChI=1S/C20H25ClN6O.HI/c1-22-20(26(2)13-14-28-17-8-5-7-16(21)15-17)23-11-6-10-19-25-24-18-9-3-4-12-27(18)19;/h3-5,7-9,12,15H,6,10-11,13-14H2,1-2H3,(H,22,23);1H. The van der Waals surface area contributed by atoms with Crippen LogP contribution >= 0.6 is 35.6 Å². The number of hydrogen-bond donors (Lipinski definition) is 1. The Labute approximate surface area is 193 Å². The van der Waals surface area contributed by atoms with E-state index in [9.17, 15) is 0 Å². The highest BCUT2D eigenvalue weighted by Crippen LogP contribution is 2.16. The second-order valence-corrected chi connectivity index (χ2v) is 6.79. The highest BCUT2D eigenvalue weighted by molar-refractivity contribution is 14.0. The van der Waals surface area contributed by atoms with Crippen molar-refractivity contribution in [2.24, 2.45) is 4.99 Å². The maximum Gasteiger partial charge on any atom is 0.193 e. The Morgan fingerprint density at radius 2 is 2.10 bits per heavy atom. The van der Waals surface area contributed by atoms with Gasteiger partial charge in [0, 0.05) is 38.3 Å². The van der Waals surface area contributed by atoms with Gasteiger partial charge >= 0.3 is 0 Å². The molecule has 0 atom stereocenters. The molecule has 29 heavy (non-hydrogen) atoms. The lowest BCUT2D eigenvalue weighted by molar-refractivity contribution is 0.281. The number of hydrogen-bond acceptors (Lipinski definition) is 4. The van der Waals surface area contributed by atoms with Crippen LogP contribution in [0.15, 0.2) is 53.7 Å². The monoisotopic (exact) mass is 528 g/mol. The molecule has 2 aromatic heterocycles. The summed E-state index contributed by atoms with van der Waals surface area (Å²) < 4.78 is 7.76. The number of aryl methyl sites for hydroxylation is 1. The van der Waals surface area contributed by atoms with E-state index in [2.05, 4.69) is 20.5 Å². The zero-order valence-electron chi connectivity index (χ0n) is 16.6. The van der Waals surface area contributed by atoms with Crippen LogP contribution in [-0.4, -0.2) is 59.2 Å². The van der Waals surface area contributed by atoms with Gasteiger partial charge < -0.3 is 15.0 Å². The average molecular weight is 529 g/mol. The molecule has 0 radical (unpaired) electrons. The van der Waals surface area contributed by atoms with Gasteiger partial charge in [0.25, 0.3) is 0 Å². The molecule has 0 saturated carbocycles. The van der Waals surface area contributed by atoms with E-state index in [1.54, 1.807) is 7.05 Å². The molecule has 0 amide bonds. The number of likely N-dealkylation sites (N-methyl/N-ethyl adjacent to an activating group) is 1. The van der Waals surface area contributed by atoms with Gasteiger partial charge in [-0.2, -0.15) is 0 Å². The summed E-state index contributed by atoms with van der Waals surface area (Å²) in [5, 5.41) is 12.5. The highest BCUT2D eigenvalue weighted by atomic mass is 127. The summed E-state index contributed by atoms with van der Waals surface area (Å²) >= 11 is 5.97. The SMILES string of the molecule is CN=C(NCCCc1nnc2ccccn12)N(C)CCOc1cccc(Cl)c1.I. The molecule has 0 aliphatic rings. The van der Waals surface area contributed by atoms with Crippen molar-refractivity contribution in [2.45, 2.75) is 12.8 Å². The van der Waals surface area contributed by atoms with Gasteiger partial charge in [-0.05, 0) is 36.8 Å². The van der Waals surface area contributed by atoms with Gasteiger partial charge in [0.15, 0.2) is 11.6 Å². The van der Waals surface area contributed by atoms with Crippen LogP contribution in [0.3, 0.4) is 0 Å². The quantitative estimate of drug-likeness (QED) is 0.210. The first-order valence-electron chi connectivity index (χ1n) is 9.26. The molecule has 9 heteroatoms. The predicted octanol–water partition coefficient (Wildman–Crippen LogP) is 3.52. The van der Waals surface area contributed by atoms with Crippen molar-refractivity contribution >= 4 is 47.2 Å². The second kappa shape index (κ2) is 11.8. The molecule has 156 valence electrons. The van der Waals surface area contributed by atoms with Gasteiger partial charge in [-0.1, -0.05) is 23.7 Å². The first kappa shape index (κ1) is 23.2. The minimum absolute atomic E-state index is 0. The zero-order chi connectivity index (χ0) is 19.8. The third-order valence-corrected chi connectivity index (χ3v) is 4.54. The Morgan fingerprint density at radius 3 is 2.90 bits per heavy atom. The number of rotatable bonds is 8. The van der Waals surface area contributed by atoms with Gasteiger partial charge in [-0.25, -0.2) is 0 Å². The summed E-state index contributed by atoms with van der Waals surface area (Å²) in [4.78, 5) is 6.37. The average Bonchev–Trinajstić information content (AvgIpc) is 3.11. The summed E-state index contributed by atoms with van der Waals surface area (Å²) in [5.74, 6) is 2.57. The van der Waals surface area contributed by atoms with Crippen LogP contribution in [0.2, 0.25) is 5.02 Å². The van der Waals surface area contributed by atoms with Crippen LogP contribution in [0.5, 0.6) is 5.75 Å². The predicted molar refractivity (Wildman–Crippen MR) is 128 cm³/mol. The van der Waals surface area contributed by atoms with E-state index in [1.165, 1.54) is 0 Å². The number of pyridine rings is 1. The van der Waals surface area contributed by atoms with Crippen molar-refractivity contribution in [1.82, 2.24) is 24.8 Å². The molecule has 2 heterocycles. The van der Waals surface area contributed by atoms with Crippen molar-refractivity contribution in [3.63, 3.8) is 0 Å². The van der Waals surface area contributed by atoms with Crippen molar-refractivity contribution < 1.29 is 4.74 Å². The molecular weight excluding hydrogens is 503 g/mol. The number of guanidine groups is 1. The number of nitrogens with zero attached hydrogens (tertiary/aromatic N) is 5. The van der Waals surface area contributed by atoms with Crippen molar-refractivity contribution in [3.8, 4) is 5.75 Å². The van der Waals surface area contributed by atoms with Gasteiger partial charge in [0.2, 0.25) is 0 Å². The Morgan fingerprint density at radius 1 is 1.24 bits per heavy atom. The fourth-order valence-corrected chi connectivity index (χ4v) is 3.04. The first-order chi connectivity index (χ1) is 13.7. The number of nitrogens with one attached hydrogen (secondary N) is 1. The Bertz CT molecular complexity index is 932. The van der Waals surface area contributed by atoms with E-state index in [4.69, 9.17) is 16.3 Å². The molecule has 3 rings (SSSR count). The summed E-state index contributed by atoms with van der Waals surface area (Å²) in [6, 6.07) is 13.3. The topological polar surface area (TPSA) is 67.0 Å². The molecule has 0 bridgehead atoms. The normalized spacial score (nSPS) is 11.2. The number of fused-ring (bicyclic) bond motifs is 1. The van der Waals surface area contributed by atoms with E-state index in [-0.39, 0.29) is 24.0 Å². The number of ether oxygens (including phenoxy) is 1. The molecule has 0 spiro atoms. The third-order valence-electron chi connectivity index (χ3n) is 4.31. The smallest absolute Gasteiger partial charge is 0.193 e. The number of aliphatic imine (C=N–C) groups is 1. The van der Waals surface area contributed by atoms with Gasteiger partial charge in [-0.3, -0.25) is 9.39 Å². The van der Waals surface area contributed by atoms with Gasteiger partial charge in [-0.15, -0.1) is 34.2 Å². The van der Waals surface area contributed by atoms with Crippen LogP contribution in [0.4, 0.5) is 0 Å². The van der Waals surface area contributed by atoms with Crippen LogP contribution < -0.4 is 10.1 Å². The van der Waals surface area contributed by atoms with Crippen LogP contribution in [0, 0.1) is 0 Å². The van der Waals surface area contributed by atoms with Gasteiger partial charge in [0.05, 0.1) is 6.54 Å². The molecular formula is C20H26ClIN6O. The first-order valence-corrected chi connectivity index (χ1v) is 9.64. The maximum atomic E-state index is 5.97. The van der Waals surface area contributed by atoms with Crippen LogP contribution in [-0.2, 0) is 6.42 Å². The van der Waals surface area contributed by atoms with Gasteiger partial charge in [0.1, 0.15) is 18.2 Å². The Balaban J connectivity index is 0.00000300. The van der Waals surface area contributed by atoms with E-state index in [1.807, 2.05) is 65.0 Å². The Hall–Kier alpha value is -2.07. The summed E-state index contributed by atoms with van der Waals surface area (Å²) in [7, 11) is 3.77. The summed E-state index contributed by atoms with van der Waals surface area (Å²) in [6.45, 7) is 2.05. The summed E-state index contributed by atoms with van der Waals surface area (Å²) in [5.41, 5.74) is 0.876. The molecule has 1 N–H and O–H groups in total. The fraction of sp³-hybridized carbons (Fsp3) is 0.350. The minimum atomic E-state index is 0. The minimum Gasteiger partial charge on any atom is -0.492 e. The zero-order valence-corrected chi connectivity index (χ0v) is 19.7. The lowest BCUT2D eigenvalue weighted by Crippen LogP contribution is -2.41. The van der Waals surface area contributed by atoms with E-state index in [0.717, 1.165) is 42.6 Å². The summed E-state index contributed by atoms with van der Waals surface area (Å²) in [6.07, 6.45) is 3.77. The second-order valence-electron chi connectivity index (χ2n) is 6.35. The lowest BCUT2D eigenvalue weighted by atomic mass is 10.3. The van der Waals surface area contributed by atoms with Crippen molar-refractivity contribution in [1.29, 1.82) is 0 Å². The molecule has 0 unspecified atom stereocenters. The lowest BCUT2D eigenvalue weighted by Gasteiger charge is -2.22. The van der Waals surface area contributed by atoms with E-state index < -0.39 is 0 Å². The number of aromatic nitrogens is 3. The van der Waals surface area contributed by atoms with Crippen molar-refractivity contribution in [3.05, 3.63) is 59.5 Å². The van der Waals surface area contributed by atoms with Crippen LogP contribution in [0.25, 0.3) is 5.65 Å². The third kappa shape index (κ3) is 6.74. The highest BCUT2D eigenvalue weighted by Gasteiger charge is 2.07. The maximum absolute atomic E-state index is 5.97. The largest absolute Gasteiger partial charge is 0.492 e. The van der Waals surface area contributed by atoms with Crippen LogP contribution in [0.1, 0.15) is 12.2 Å². The Kier molecular flexibility index (Phi) is 9.46. The van der Waals surface area contributed by atoms with E-state index in [0.29, 0.717) is 18.2 Å². The van der Waals surface area contributed by atoms with E-state index >= 15 is 0 Å². The molecule has 0 saturated heterocycles. The number of benzene rings is 1. The molecule has 1 aromatic carbocycles. The molecule has 0 aliphatic heterocycles.